The van der Waals surface area contributed by atoms with E-state index in [1.54, 1.807) is 7.11 Å². The number of piperidine rings is 1. The summed E-state index contributed by atoms with van der Waals surface area (Å²) < 4.78 is 23.4. The highest BCUT2D eigenvalue weighted by Crippen LogP contribution is 2.38. The van der Waals surface area contributed by atoms with Gasteiger partial charge < -0.3 is 34.5 Å². The number of benzene rings is 1. The van der Waals surface area contributed by atoms with Crippen LogP contribution in [-0.2, 0) is 25.6 Å². The first-order valence-corrected chi connectivity index (χ1v) is 15.5. The summed E-state index contributed by atoms with van der Waals surface area (Å²) in [6.07, 6.45) is 6.85. The van der Waals surface area contributed by atoms with Crippen LogP contribution in [0.25, 0.3) is 0 Å². The maximum atomic E-state index is 12.7. The molecule has 0 radical (unpaired) electrons. The Hall–Kier alpha value is -1.87. The number of nitrogens with zero attached hydrogens (tertiary/aromatic N) is 1. The Morgan fingerprint density at radius 2 is 2.00 bits per heavy atom. The quantitative estimate of drug-likeness (QED) is 0.340. The molecule has 226 valence electrons. The number of ether oxygens (including phenoxy) is 4. The molecule has 0 bridgehead atoms. The molecular formula is C32H53N3O5. The second kappa shape index (κ2) is 14.9. The standard InChI is InChI=1S/C32H53N3O5/c1-23(2)28(34-31(36)18-24-11-15-38-16-12-24)19-26-8-9-27(20-33-26)39-21-25-7-10-30-29(17-25)35(13-6-14-37-5)22-32(3,4)40-30/h7,10,17,23-24,26-28,33H,6,8-9,11-16,18-22H2,1-5H3,(H,34,36)/t26?,27-,28-/m1/s1. The van der Waals surface area contributed by atoms with Crippen molar-refractivity contribution in [1.29, 1.82) is 0 Å². The predicted octanol–water partition coefficient (Wildman–Crippen LogP) is 4.69. The van der Waals surface area contributed by atoms with Gasteiger partial charge in [-0.15, -0.1) is 0 Å². The van der Waals surface area contributed by atoms with Gasteiger partial charge in [0.15, 0.2) is 0 Å². The van der Waals surface area contributed by atoms with Gasteiger partial charge >= 0.3 is 0 Å². The van der Waals surface area contributed by atoms with Crippen molar-refractivity contribution in [2.24, 2.45) is 11.8 Å². The summed E-state index contributed by atoms with van der Waals surface area (Å²) in [4.78, 5) is 15.2. The minimum Gasteiger partial charge on any atom is -0.484 e. The van der Waals surface area contributed by atoms with Crippen molar-refractivity contribution in [2.45, 2.75) is 103 Å². The second-order valence-corrected chi connectivity index (χ2v) is 13.0. The molecule has 4 rings (SSSR count). The van der Waals surface area contributed by atoms with E-state index in [9.17, 15) is 4.79 Å². The van der Waals surface area contributed by atoms with Crippen molar-refractivity contribution in [3.8, 4) is 5.75 Å². The third-order valence-corrected chi connectivity index (χ3v) is 8.56. The number of carbonyl (C=O) groups excluding carboxylic acids is 1. The van der Waals surface area contributed by atoms with Crippen LogP contribution in [0.5, 0.6) is 5.75 Å². The molecule has 0 saturated carbocycles. The smallest absolute Gasteiger partial charge is 0.220 e. The highest BCUT2D eigenvalue weighted by Gasteiger charge is 2.32. The van der Waals surface area contributed by atoms with E-state index in [4.69, 9.17) is 18.9 Å². The molecule has 3 atom stereocenters. The molecule has 3 aliphatic rings. The van der Waals surface area contributed by atoms with Crippen LogP contribution in [0.4, 0.5) is 5.69 Å². The molecule has 3 heterocycles. The fourth-order valence-electron chi connectivity index (χ4n) is 6.19. The number of anilines is 1. The Labute approximate surface area is 241 Å². The topological polar surface area (TPSA) is 81.3 Å². The zero-order chi connectivity index (χ0) is 28.5. The lowest BCUT2D eigenvalue weighted by atomic mass is 9.90. The van der Waals surface area contributed by atoms with Gasteiger partial charge in [0.05, 0.1) is 24.9 Å². The van der Waals surface area contributed by atoms with E-state index in [2.05, 4.69) is 61.4 Å². The first-order valence-electron chi connectivity index (χ1n) is 15.5. The summed E-state index contributed by atoms with van der Waals surface area (Å²) in [5.74, 6) is 2.00. The maximum Gasteiger partial charge on any atom is 0.220 e. The van der Waals surface area contributed by atoms with Crippen molar-refractivity contribution in [3.63, 3.8) is 0 Å². The number of hydrogen-bond acceptors (Lipinski definition) is 7. The zero-order valence-corrected chi connectivity index (χ0v) is 25.5. The molecule has 2 N–H and O–H groups in total. The molecule has 3 aliphatic heterocycles. The number of nitrogens with one attached hydrogen (secondary N) is 2. The van der Waals surface area contributed by atoms with Gasteiger partial charge in [-0.2, -0.15) is 0 Å². The average Bonchev–Trinajstić information content (AvgIpc) is 2.92. The van der Waals surface area contributed by atoms with E-state index in [-0.39, 0.29) is 23.7 Å². The lowest BCUT2D eigenvalue weighted by Crippen LogP contribution is -2.48. The van der Waals surface area contributed by atoms with Crippen LogP contribution in [0, 0.1) is 11.8 Å². The minimum atomic E-state index is -0.218. The van der Waals surface area contributed by atoms with Crippen molar-refractivity contribution in [3.05, 3.63) is 23.8 Å². The maximum absolute atomic E-state index is 12.7. The number of carbonyl (C=O) groups is 1. The largest absolute Gasteiger partial charge is 0.484 e. The number of fused-ring (bicyclic) bond motifs is 1. The van der Waals surface area contributed by atoms with Gasteiger partial charge in [0.1, 0.15) is 11.4 Å². The van der Waals surface area contributed by atoms with Crippen LogP contribution in [0.2, 0.25) is 0 Å². The summed E-state index contributed by atoms with van der Waals surface area (Å²) >= 11 is 0. The molecule has 40 heavy (non-hydrogen) atoms. The van der Waals surface area contributed by atoms with Gasteiger partial charge in [-0.1, -0.05) is 19.9 Å². The number of hydrogen-bond donors (Lipinski definition) is 2. The highest BCUT2D eigenvalue weighted by molar-refractivity contribution is 5.76. The molecule has 2 saturated heterocycles. The van der Waals surface area contributed by atoms with Gasteiger partial charge in [0.2, 0.25) is 5.91 Å². The predicted molar refractivity (Wildman–Crippen MR) is 159 cm³/mol. The monoisotopic (exact) mass is 559 g/mol. The lowest BCUT2D eigenvalue weighted by molar-refractivity contribution is -0.123. The van der Waals surface area contributed by atoms with E-state index in [1.165, 1.54) is 5.56 Å². The second-order valence-electron chi connectivity index (χ2n) is 13.0. The molecule has 1 aromatic rings. The normalized spacial score (nSPS) is 23.9. The van der Waals surface area contributed by atoms with Crippen molar-refractivity contribution in [1.82, 2.24) is 10.6 Å². The van der Waals surface area contributed by atoms with Gasteiger partial charge in [-0.05, 0) is 81.9 Å². The Balaban J connectivity index is 1.23. The van der Waals surface area contributed by atoms with Gasteiger partial charge in [0, 0.05) is 58.5 Å². The number of amides is 1. The third-order valence-electron chi connectivity index (χ3n) is 8.56. The van der Waals surface area contributed by atoms with E-state index < -0.39 is 0 Å². The van der Waals surface area contributed by atoms with Crippen LogP contribution in [0.3, 0.4) is 0 Å². The van der Waals surface area contributed by atoms with Crippen LogP contribution < -0.4 is 20.3 Å². The van der Waals surface area contributed by atoms with E-state index in [1.807, 2.05) is 0 Å². The highest BCUT2D eigenvalue weighted by atomic mass is 16.5. The molecule has 8 heteroatoms. The summed E-state index contributed by atoms with van der Waals surface area (Å²) in [5, 5.41) is 7.05. The number of methoxy groups -OCH3 is 1. The van der Waals surface area contributed by atoms with Gasteiger partial charge in [-0.3, -0.25) is 4.79 Å². The molecule has 1 aromatic carbocycles. The van der Waals surface area contributed by atoms with Crippen LogP contribution >= 0.6 is 0 Å². The van der Waals surface area contributed by atoms with Crippen molar-refractivity contribution in [2.75, 3.05) is 51.5 Å². The van der Waals surface area contributed by atoms with E-state index >= 15 is 0 Å². The Morgan fingerprint density at radius 3 is 2.70 bits per heavy atom. The van der Waals surface area contributed by atoms with Crippen molar-refractivity contribution >= 4 is 11.6 Å². The Kier molecular flexibility index (Phi) is 11.5. The first kappa shape index (κ1) is 31.1. The van der Waals surface area contributed by atoms with Crippen LogP contribution in [0.1, 0.15) is 78.2 Å². The van der Waals surface area contributed by atoms with E-state index in [0.717, 1.165) is 89.4 Å². The lowest BCUT2D eigenvalue weighted by Gasteiger charge is -2.41. The minimum absolute atomic E-state index is 0.192. The summed E-state index contributed by atoms with van der Waals surface area (Å²) in [6, 6.07) is 7.04. The van der Waals surface area contributed by atoms with E-state index in [0.29, 0.717) is 30.9 Å². The Bertz CT molecular complexity index is 925. The number of rotatable bonds is 13. The molecular weight excluding hydrogens is 506 g/mol. The van der Waals surface area contributed by atoms with Crippen molar-refractivity contribution < 1.29 is 23.7 Å². The third kappa shape index (κ3) is 9.33. The van der Waals surface area contributed by atoms with Gasteiger partial charge in [-0.25, -0.2) is 0 Å². The average molecular weight is 560 g/mol. The molecule has 1 amide bonds. The molecule has 2 fully saturated rings. The molecule has 0 aliphatic carbocycles. The SMILES string of the molecule is COCCCN1CC(C)(C)Oc2ccc(CO[C@@H]3CCC(C[C@@H](NC(=O)CC4CCOCC4)C(C)C)NC3)cc21. The molecule has 0 spiro atoms. The fraction of sp³-hybridized carbons (Fsp3) is 0.781. The zero-order valence-electron chi connectivity index (χ0n) is 25.5. The molecule has 0 aromatic heterocycles. The van der Waals surface area contributed by atoms with Crippen LogP contribution in [-0.4, -0.2) is 76.3 Å². The summed E-state index contributed by atoms with van der Waals surface area (Å²) in [5.41, 5.74) is 2.11. The van der Waals surface area contributed by atoms with Gasteiger partial charge in [0.25, 0.3) is 0 Å². The van der Waals surface area contributed by atoms with Crippen LogP contribution in [0.15, 0.2) is 18.2 Å². The summed E-state index contributed by atoms with van der Waals surface area (Å²) in [6.45, 7) is 14.3. The fourth-order valence-corrected chi connectivity index (χ4v) is 6.19. The Morgan fingerprint density at radius 1 is 1.20 bits per heavy atom. The summed E-state index contributed by atoms with van der Waals surface area (Å²) in [7, 11) is 1.75. The molecule has 8 nitrogen and oxygen atoms in total. The first-order chi connectivity index (χ1) is 19.2. The molecule has 1 unspecified atom stereocenters.